The molecule has 2 heterocycles. The van der Waals surface area contributed by atoms with E-state index < -0.39 is 15.7 Å². The van der Waals surface area contributed by atoms with Crippen LogP contribution in [0.15, 0.2) is 46.3 Å². The molecule has 4 rings (SSSR count). The first-order chi connectivity index (χ1) is 14.4. The van der Waals surface area contributed by atoms with Crippen LogP contribution in [-0.4, -0.2) is 45.2 Å². The first-order valence-electron chi connectivity index (χ1n) is 9.26. The predicted molar refractivity (Wildman–Crippen MR) is 112 cm³/mol. The molecule has 0 saturated carbocycles. The van der Waals surface area contributed by atoms with Gasteiger partial charge in [-0.3, -0.25) is 4.79 Å². The van der Waals surface area contributed by atoms with E-state index in [9.17, 15) is 13.2 Å². The number of aromatic nitrogens is 1. The number of ether oxygens (including phenoxy) is 3. The SMILES string of the molecule is CCOCCn1c(=NC(=O)c2ccc3c(c2)OCO3)sc2cc(S(C)(=O)=O)ccc21. The van der Waals surface area contributed by atoms with Gasteiger partial charge in [0, 0.05) is 25.0 Å². The van der Waals surface area contributed by atoms with Crippen LogP contribution in [0, 0.1) is 0 Å². The summed E-state index contributed by atoms with van der Waals surface area (Å²) in [6.07, 6.45) is 1.17. The third-order valence-corrected chi connectivity index (χ3v) is 6.71. The molecular weight excluding hydrogens is 428 g/mol. The normalized spacial score (nSPS) is 13.9. The van der Waals surface area contributed by atoms with Crippen LogP contribution in [0.5, 0.6) is 11.5 Å². The summed E-state index contributed by atoms with van der Waals surface area (Å²) in [6.45, 7) is 3.54. The Labute approximate surface area is 177 Å². The lowest BCUT2D eigenvalue weighted by Crippen LogP contribution is -2.19. The minimum Gasteiger partial charge on any atom is -0.454 e. The van der Waals surface area contributed by atoms with Gasteiger partial charge in [0.2, 0.25) is 6.79 Å². The van der Waals surface area contributed by atoms with Gasteiger partial charge in [-0.2, -0.15) is 4.99 Å². The number of carbonyl (C=O) groups excluding carboxylic acids is 1. The van der Waals surface area contributed by atoms with Gasteiger partial charge in [-0.1, -0.05) is 11.3 Å². The van der Waals surface area contributed by atoms with Gasteiger partial charge in [-0.25, -0.2) is 8.42 Å². The first kappa shape index (κ1) is 20.6. The fourth-order valence-corrected chi connectivity index (χ4v) is 4.88. The third-order valence-electron chi connectivity index (χ3n) is 4.56. The van der Waals surface area contributed by atoms with E-state index in [0.717, 1.165) is 10.2 Å². The molecule has 30 heavy (non-hydrogen) atoms. The smallest absolute Gasteiger partial charge is 0.279 e. The molecule has 0 aliphatic carbocycles. The van der Waals surface area contributed by atoms with E-state index in [4.69, 9.17) is 14.2 Å². The minimum absolute atomic E-state index is 0.126. The summed E-state index contributed by atoms with van der Waals surface area (Å²) in [7, 11) is -3.34. The summed E-state index contributed by atoms with van der Waals surface area (Å²) in [4.78, 5) is 17.8. The molecule has 0 unspecified atom stereocenters. The van der Waals surface area contributed by atoms with E-state index in [1.807, 2.05) is 11.5 Å². The summed E-state index contributed by atoms with van der Waals surface area (Å²) in [6, 6.07) is 9.82. The Bertz CT molecular complexity index is 1290. The largest absolute Gasteiger partial charge is 0.454 e. The van der Waals surface area contributed by atoms with Crippen molar-refractivity contribution >= 4 is 37.3 Å². The molecule has 2 aromatic carbocycles. The summed E-state index contributed by atoms with van der Waals surface area (Å²) in [5.74, 6) is 0.677. The van der Waals surface area contributed by atoms with Gasteiger partial charge >= 0.3 is 0 Å². The Balaban J connectivity index is 1.79. The van der Waals surface area contributed by atoms with Gasteiger partial charge in [0.05, 0.1) is 21.7 Å². The van der Waals surface area contributed by atoms with Gasteiger partial charge in [0.25, 0.3) is 5.91 Å². The lowest BCUT2D eigenvalue weighted by Gasteiger charge is -2.06. The number of hydrogen-bond donors (Lipinski definition) is 0. The van der Waals surface area contributed by atoms with Crippen molar-refractivity contribution in [3.05, 3.63) is 46.8 Å². The van der Waals surface area contributed by atoms with Crippen molar-refractivity contribution in [2.45, 2.75) is 18.4 Å². The summed E-state index contributed by atoms with van der Waals surface area (Å²) in [5.41, 5.74) is 1.18. The lowest BCUT2D eigenvalue weighted by molar-refractivity contribution is 0.0996. The molecule has 3 aromatic rings. The van der Waals surface area contributed by atoms with Gasteiger partial charge in [-0.05, 0) is 43.3 Å². The standard InChI is InChI=1S/C20H20N2O6S2/c1-3-26-9-8-22-15-6-5-14(30(2,24)25)11-18(15)29-20(22)21-19(23)13-4-7-16-17(10-13)28-12-27-16/h4-7,10-11H,3,8-9,12H2,1-2H3. The topological polar surface area (TPSA) is 96.2 Å². The molecule has 0 spiro atoms. The first-order valence-corrected chi connectivity index (χ1v) is 12.0. The maximum atomic E-state index is 12.8. The number of amides is 1. The molecule has 10 heteroatoms. The number of benzene rings is 2. The van der Waals surface area contributed by atoms with Crippen LogP contribution in [0.3, 0.4) is 0 Å². The summed E-state index contributed by atoms with van der Waals surface area (Å²) >= 11 is 1.26. The molecule has 0 fully saturated rings. The van der Waals surface area contributed by atoms with Crippen LogP contribution < -0.4 is 14.3 Å². The van der Waals surface area contributed by atoms with Crippen molar-refractivity contribution in [3.63, 3.8) is 0 Å². The average molecular weight is 449 g/mol. The number of sulfone groups is 1. The van der Waals surface area contributed by atoms with Crippen molar-refractivity contribution in [2.24, 2.45) is 4.99 Å². The second-order valence-corrected chi connectivity index (χ2v) is 9.64. The van der Waals surface area contributed by atoms with E-state index >= 15 is 0 Å². The molecule has 158 valence electrons. The number of hydrogen-bond acceptors (Lipinski definition) is 7. The Morgan fingerprint density at radius 1 is 1.20 bits per heavy atom. The zero-order valence-corrected chi connectivity index (χ0v) is 18.1. The second kappa shape index (κ2) is 8.21. The van der Waals surface area contributed by atoms with Gasteiger partial charge in [0.1, 0.15) is 0 Å². The van der Waals surface area contributed by atoms with E-state index in [1.165, 1.54) is 17.6 Å². The van der Waals surface area contributed by atoms with Crippen molar-refractivity contribution in [1.82, 2.24) is 4.57 Å². The highest BCUT2D eigenvalue weighted by Crippen LogP contribution is 2.32. The highest BCUT2D eigenvalue weighted by Gasteiger charge is 2.17. The van der Waals surface area contributed by atoms with Gasteiger partial charge < -0.3 is 18.8 Å². The molecular formula is C20H20N2O6S2. The van der Waals surface area contributed by atoms with E-state index in [2.05, 4.69) is 4.99 Å². The monoisotopic (exact) mass is 448 g/mol. The number of fused-ring (bicyclic) bond motifs is 2. The average Bonchev–Trinajstić information content (AvgIpc) is 3.31. The highest BCUT2D eigenvalue weighted by molar-refractivity contribution is 7.90. The molecule has 1 aliphatic rings. The van der Waals surface area contributed by atoms with Gasteiger partial charge in [0.15, 0.2) is 26.1 Å². The molecule has 1 amide bonds. The number of nitrogens with zero attached hydrogens (tertiary/aromatic N) is 2. The van der Waals surface area contributed by atoms with Crippen molar-refractivity contribution in [1.29, 1.82) is 0 Å². The van der Waals surface area contributed by atoms with Crippen LogP contribution in [0.1, 0.15) is 17.3 Å². The molecule has 0 N–H and O–H groups in total. The molecule has 0 atom stereocenters. The zero-order chi connectivity index (χ0) is 21.3. The van der Waals surface area contributed by atoms with Gasteiger partial charge in [-0.15, -0.1) is 0 Å². The molecule has 0 saturated heterocycles. The van der Waals surface area contributed by atoms with Crippen molar-refractivity contribution in [3.8, 4) is 11.5 Å². The van der Waals surface area contributed by atoms with Crippen molar-refractivity contribution < 1.29 is 27.4 Å². The molecule has 8 nitrogen and oxygen atoms in total. The summed E-state index contributed by atoms with van der Waals surface area (Å²) in [5, 5.41) is 0. The zero-order valence-electron chi connectivity index (χ0n) is 16.5. The number of carbonyl (C=O) groups is 1. The fourth-order valence-electron chi connectivity index (χ4n) is 3.07. The second-order valence-electron chi connectivity index (χ2n) is 6.62. The Morgan fingerprint density at radius 2 is 2.00 bits per heavy atom. The predicted octanol–water partition coefficient (Wildman–Crippen LogP) is 2.61. The summed E-state index contributed by atoms with van der Waals surface area (Å²) < 4.78 is 42.5. The van der Waals surface area contributed by atoms with Crippen molar-refractivity contribution in [2.75, 3.05) is 26.3 Å². The van der Waals surface area contributed by atoms with Crippen LogP contribution in [0.25, 0.3) is 10.2 Å². The fraction of sp³-hybridized carbons (Fsp3) is 0.300. The van der Waals surface area contributed by atoms with Crippen LogP contribution in [0.2, 0.25) is 0 Å². The Morgan fingerprint density at radius 3 is 2.77 bits per heavy atom. The van der Waals surface area contributed by atoms with Crippen LogP contribution >= 0.6 is 11.3 Å². The van der Waals surface area contributed by atoms with Crippen LogP contribution in [0.4, 0.5) is 0 Å². The maximum absolute atomic E-state index is 12.8. The molecule has 0 bridgehead atoms. The Hall–Kier alpha value is -2.69. The number of rotatable bonds is 6. The maximum Gasteiger partial charge on any atom is 0.279 e. The van der Waals surface area contributed by atoms with E-state index in [0.29, 0.717) is 41.6 Å². The molecule has 1 aromatic heterocycles. The molecule has 1 aliphatic heterocycles. The highest BCUT2D eigenvalue weighted by atomic mass is 32.2. The van der Waals surface area contributed by atoms with Crippen LogP contribution in [-0.2, 0) is 21.1 Å². The van der Waals surface area contributed by atoms with E-state index in [1.54, 1.807) is 36.4 Å². The quantitative estimate of drug-likeness (QED) is 0.538. The minimum atomic E-state index is -3.34. The third kappa shape index (κ3) is 4.11. The lowest BCUT2D eigenvalue weighted by atomic mass is 10.2. The van der Waals surface area contributed by atoms with E-state index in [-0.39, 0.29) is 11.7 Å². The molecule has 0 radical (unpaired) electrons. The Kier molecular flexibility index (Phi) is 5.63. The number of thiazole rings is 1.